The van der Waals surface area contributed by atoms with Crippen LogP contribution in [0.1, 0.15) is 0 Å². The van der Waals surface area contributed by atoms with Crippen LogP contribution in [0.15, 0.2) is 24.3 Å². The fourth-order valence-corrected chi connectivity index (χ4v) is 0.821. The number of carbonyl (C=O) groups is 2. The van der Waals surface area contributed by atoms with Crippen molar-refractivity contribution < 1.29 is 19.4 Å². The average molecular weight is 211 g/mol. The highest BCUT2D eigenvalue weighted by atomic mass is 17.2. The summed E-state index contributed by atoms with van der Waals surface area (Å²) in [5, 5.41) is 2.25. The number of rotatable bonds is 1. The number of primary amides is 1. The Balaban J connectivity index is 2.52. The van der Waals surface area contributed by atoms with Gasteiger partial charge in [-0.15, -0.1) is 0 Å². The van der Waals surface area contributed by atoms with Gasteiger partial charge in [0, 0.05) is 0 Å². The number of amides is 2. The van der Waals surface area contributed by atoms with Gasteiger partial charge >= 0.3 is 12.2 Å². The van der Waals surface area contributed by atoms with E-state index in [-0.39, 0.29) is 0 Å². The predicted molar refractivity (Wildman–Crippen MR) is 51.6 cm³/mol. The molecule has 0 atom stereocenters. The number of nitrogens with two attached hydrogens (primary N) is 2. The summed E-state index contributed by atoms with van der Waals surface area (Å²) < 4.78 is 0. The largest absolute Gasteiger partial charge is 0.455 e. The maximum atomic E-state index is 10.9. The number of benzene rings is 1. The minimum absolute atomic E-state index is 0.343. The predicted octanol–water partition coefficient (Wildman–Crippen LogP) is 0.828. The van der Waals surface area contributed by atoms with E-state index in [1.807, 2.05) is 0 Å². The van der Waals surface area contributed by atoms with Crippen molar-refractivity contribution in [3.8, 4) is 0 Å². The zero-order valence-corrected chi connectivity index (χ0v) is 7.60. The highest BCUT2D eigenvalue weighted by Gasteiger charge is 2.08. The van der Waals surface area contributed by atoms with Gasteiger partial charge in [-0.05, 0) is 12.1 Å². The Morgan fingerprint density at radius 1 is 1.20 bits per heavy atom. The van der Waals surface area contributed by atoms with Gasteiger partial charge in [0.15, 0.2) is 0 Å². The van der Waals surface area contributed by atoms with Gasteiger partial charge < -0.3 is 11.5 Å². The van der Waals surface area contributed by atoms with E-state index in [1.165, 1.54) is 0 Å². The third-order valence-corrected chi connectivity index (χ3v) is 1.40. The maximum Gasteiger partial charge on any atom is 0.455 e. The van der Waals surface area contributed by atoms with Crippen molar-refractivity contribution in [2.45, 2.75) is 0 Å². The molecule has 0 bridgehead atoms. The fourth-order valence-electron chi connectivity index (χ4n) is 0.821. The van der Waals surface area contributed by atoms with Crippen LogP contribution in [0.25, 0.3) is 0 Å². The van der Waals surface area contributed by atoms with E-state index in [0.717, 1.165) is 0 Å². The molecule has 1 aromatic rings. The van der Waals surface area contributed by atoms with E-state index < -0.39 is 12.2 Å². The molecule has 2 amide bonds. The summed E-state index contributed by atoms with van der Waals surface area (Å²) in [6.07, 6.45) is -2.21. The first-order valence-electron chi connectivity index (χ1n) is 3.89. The molecule has 1 rings (SSSR count). The molecule has 0 aliphatic rings. The van der Waals surface area contributed by atoms with Gasteiger partial charge in [-0.2, -0.15) is 0 Å². The van der Waals surface area contributed by atoms with Crippen molar-refractivity contribution in [3.63, 3.8) is 0 Å². The molecule has 15 heavy (non-hydrogen) atoms. The van der Waals surface area contributed by atoms with Crippen molar-refractivity contribution in [2.24, 2.45) is 5.73 Å². The van der Waals surface area contributed by atoms with Crippen molar-refractivity contribution in [2.75, 3.05) is 11.1 Å². The zero-order valence-electron chi connectivity index (χ0n) is 7.60. The van der Waals surface area contributed by atoms with Crippen molar-refractivity contribution in [1.82, 2.24) is 0 Å². The molecule has 0 saturated carbocycles. The van der Waals surface area contributed by atoms with Crippen molar-refractivity contribution in [3.05, 3.63) is 24.3 Å². The molecule has 5 N–H and O–H groups in total. The normalized spacial score (nSPS) is 9.07. The highest BCUT2D eigenvalue weighted by molar-refractivity contribution is 5.88. The SMILES string of the molecule is NC(=O)OOC(=O)Nc1ccccc1N. The number of carbonyl (C=O) groups excluding carboxylic acids is 2. The summed E-state index contributed by atoms with van der Waals surface area (Å²) in [5.41, 5.74) is 10.8. The Bertz CT molecular complexity index is 380. The minimum Gasteiger partial charge on any atom is -0.397 e. The van der Waals surface area contributed by atoms with E-state index in [1.54, 1.807) is 24.3 Å². The summed E-state index contributed by atoms with van der Waals surface area (Å²) in [6, 6.07) is 6.51. The molecule has 1 aromatic carbocycles. The van der Waals surface area contributed by atoms with Gasteiger partial charge in [0.1, 0.15) is 0 Å². The van der Waals surface area contributed by atoms with Crippen LogP contribution in [0.3, 0.4) is 0 Å². The zero-order chi connectivity index (χ0) is 11.3. The number of nitrogen functional groups attached to an aromatic ring is 1. The summed E-state index contributed by atoms with van der Waals surface area (Å²) in [5.74, 6) is 0. The van der Waals surface area contributed by atoms with Crippen LogP contribution in [0.4, 0.5) is 21.0 Å². The van der Waals surface area contributed by atoms with Gasteiger partial charge in [-0.3, -0.25) is 5.32 Å². The van der Waals surface area contributed by atoms with Crippen LogP contribution < -0.4 is 16.8 Å². The summed E-state index contributed by atoms with van der Waals surface area (Å²) in [7, 11) is 0. The van der Waals surface area contributed by atoms with Gasteiger partial charge in [0.25, 0.3) is 0 Å². The maximum absolute atomic E-state index is 10.9. The molecule has 0 aliphatic carbocycles. The molecule has 0 spiro atoms. The van der Waals surface area contributed by atoms with E-state index in [4.69, 9.17) is 5.73 Å². The highest BCUT2D eigenvalue weighted by Crippen LogP contribution is 2.16. The van der Waals surface area contributed by atoms with Crippen LogP contribution in [0, 0.1) is 0 Å². The molecule has 80 valence electrons. The molecular weight excluding hydrogens is 202 g/mol. The lowest BCUT2D eigenvalue weighted by Crippen LogP contribution is -2.20. The van der Waals surface area contributed by atoms with Crippen LogP contribution >= 0.6 is 0 Å². The Kier molecular flexibility index (Phi) is 3.33. The first kappa shape index (κ1) is 10.6. The molecule has 0 saturated heterocycles. The Morgan fingerprint density at radius 2 is 1.87 bits per heavy atom. The first-order chi connectivity index (χ1) is 7.09. The molecule has 0 aromatic heterocycles. The molecule has 0 aliphatic heterocycles. The van der Waals surface area contributed by atoms with Gasteiger partial charge in [-0.25, -0.2) is 19.4 Å². The minimum atomic E-state index is -1.22. The monoisotopic (exact) mass is 211 g/mol. The number of para-hydroxylation sites is 2. The van der Waals surface area contributed by atoms with E-state index in [2.05, 4.69) is 20.8 Å². The van der Waals surface area contributed by atoms with Gasteiger partial charge in [0.05, 0.1) is 11.4 Å². The lowest BCUT2D eigenvalue weighted by molar-refractivity contribution is -0.170. The molecule has 0 fully saturated rings. The van der Waals surface area contributed by atoms with E-state index in [9.17, 15) is 9.59 Å². The molecule has 7 nitrogen and oxygen atoms in total. The second-order valence-corrected chi connectivity index (χ2v) is 2.49. The van der Waals surface area contributed by atoms with E-state index >= 15 is 0 Å². The smallest absolute Gasteiger partial charge is 0.397 e. The summed E-state index contributed by atoms with van der Waals surface area (Å²) >= 11 is 0. The Labute approximate surface area is 84.9 Å². The van der Waals surface area contributed by atoms with Crippen molar-refractivity contribution >= 4 is 23.6 Å². The Hall–Kier alpha value is -2.44. The molecule has 0 unspecified atom stereocenters. The third kappa shape index (κ3) is 3.43. The second-order valence-electron chi connectivity index (χ2n) is 2.49. The summed E-state index contributed by atoms with van der Waals surface area (Å²) in [6.45, 7) is 0. The molecule has 0 heterocycles. The van der Waals surface area contributed by atoms with Crippen LogP contribution in [0.2, 0.25) is 0 Å². The second kappa shape index (κ2) is 4.70. The number of hydrogen-bond donors (Lipinski definition) is 3. The van der Waals surface area contributed by atoms with Crippen LogP contribution in [0.5, 0.6) is 0 Å². The number of hydrogen-bond acceptors (Lipinski definition) is 5. The van der Waals surface area contributed by atoms with Crippen LogP contribution in [-0.2, 0) is 9.78 Å². The third-order valence-electron chi connectivity index (χ3n) is 1.40. The quantitative estimate of drug-likeness (QED) is 0.361. The lowest BCUT2D eigenvalue weighted by Gasteiger charge is -2.05. The molecule has 0 radical (unpaired) electrons. The Morgan fingerprint density at radius 3 is 2.47 bits per heavy atom. The fraction of sp³-hybridized carbons (Fsp3) is 0. The summed E-state index contributed by atoms with van der Waals surface area (Å²) in [4.78, 5) is 28.8. The first-order valence-corrected chi connectivity index (χ1v) is 3.89. The molecular formula is C8H9N3O4. The van der Waals surface area contributed by atoms with Gasteiger partial charge in [0.2, 0.25) is 0 Å². The van der Waals surface area contributed by atoms with Gasteiger partial charge in [-0.1, -0.05) is 12.1 Å². The average Bonchev–Trinajstić information content (AvgIpc) is 2.18. The lowest BCUT2D eigenvalue weighted by atomic mass is 10.3. The van der Waals surface area contributed by atoms with E-state index in [0.29, 0.717) is 11.4 Å². The van der Waals surface area contributed by atoms with Crippen molar-refractivity contribution in [1.29, 1.82) is 0 Å². The van der Waals surface area contributed by atoms with Crippen LogP contribution in [-0.4, -0.2) is 12.2 Å². The molecule has 7 heteroatoms. The standard InChI is InChI=1S/C8H9N3O4/c9-5-3-1-2-4-6(5)11-8(13)15-14-7(10)12/h1-4H,9H2,(H2,10,12)(H,11,13). The number of anilines is 2. The topological polar surface area (TPSA) is 117 Å². The number of nitrogens with one attached hydrogen (secondary N) is 1.